The molecular formula is C25H31ClN2O5S. The fourth-order valence-electron chi connectivity index (χ4n) is 5.21. The minimum Gasteiger partial charge on any atom is -0.489 e. The maximum absolute atomic E-state index is 13.0. The summed E-state index contributed by atoms with van der Waals surface area (Å²) in [5, 5.41) is 11.4. The number of benzene rings is 2. The molecule has 34 heavy (non-hydrogen) atoms. The third-order valence-corrected chi connectivity index (χ3v) is 9.23. The van der Waals surface area contributed by atoms with Crippen molar-refractivity contribution in [2.75, 3.05) is 39.3 Å². The van der Waals surface area contributed by atoms with Crippen LogP contribution in [0, 0.1) is 0 Å². The molecule has 0 radical (unpaired) electrons. The molecule has 0 saturated carbocycles. The van der Waals surface area contributed by atoms with Crippen LogP contribution < -0.4 is 9.47 Å². The first kappa shape index (κ1) is 23.9. The summed E-state index contributed by atoms with van der Waals surface area (Å²) < 4.78 is 39.6. The molecule has 5 rings (SSSR count). The van der Waals surface area contributed by atoms with Gasteiger partial charge in [-0.2, -0.15) is 4.31 Å². The van der Waals surface area contributed by atoms with Gasteiger partial charge in [0.05, 0.1) is 0 Å². The van der Waals surface area contributed by atoms with Gasteiger partial charge < -0.3 is 19.5 Å². The Bertz CT molecular complexity index is 1130. The molecule has 1 spiro atoms. The van der Waals surface area contributed by atoms with Gasteiger partial charge in [-0.05, 0) is 48.7 Å². The molecule has 9 heteroatoms. The minimum absolute atomic E-state index is 0.0363. The van der Waals surface area contributed by atoms with Crippen LogP contribution in [-0.2, 0) is 16.4 Å². The molecule has 2 saturated heterocycles. The highest BCUT2D eigenvalue weighted by Crippen LogP contribution is 2.42. The van der Waals surface area contributed by atoms with Crippen LogP contribution >= 0.6 is 11.6 Å². The molecule has 2 fully saturated rings. The van der Waals surface area contributed by atoms with E-state index in [0.717, 1.165) is 61.5 Å². The summed E-state index contributed by atoms with van der Waals surface area (Å²) in [7, 11) is -3.59. The third-order valence-electron chi connectivity index (χ3n) is 7.06. The van der Waals surface area contributed by atoms with Crippen LogP contribution in [0.3, 0.4) is 0 Å². The molecule has 2 aromatic carbocycles. The van der Waals surface area contributed by atoms with Gasteiger partial charge in [0.1, 0.15) is 34.7 Å². The summed E-state index contributed by atoms with van der Waals surface area (Å²) in [5.41, 5.74) is 0.977. The maximum atomic E-state index is 13.0. The van der Waals surface area contributed by atoms with E-state index in [2.05, 4.69) is 4.90 Å². The second-order valence-corrected chi connectivity index (χ2v) is 11.9. The third kappa shape index (κ3) is 4.93. The van der Waals surface area contributed by atoms with Crippen molar-refractivity contribution in [2.24, 2.45) is 0 Å². The number of sulfonamides is 1. The predicted octanol–water partition coefficient (Wildman–Crippen LogP) is 3.33. The van der Waals surface area contributed by atoms with Crippen LogP contribution in [-0.4, -0.2) is 73.8 Å². The van der Waals surface area contributed by atoms with Crippen molar-refractivity contribution in [1.82, 2.24) is 9.21 Å². The van der Waals surface area contributed by atoms with Gasteiger partial charge in [-0.15, -0.1) is 0 Å². The van der Waals surface area contributed by atoms with Crippen LogP contribution in [0.2, 0.25) is 5.02 Å². The number of aliphatic hydroxyl groups is 1. The van der Waals surface area contributed by atoms with Gasteiger partial charge in [-0.25, -0.2) is 8.42 Å². The lowest BCUT2D eigenvalue weighted by Crippen LogP contribution is -2.49. The first-order valence-corrected chi connectivity index (χ1v) is 13.8. The van der Waals surface area contributed by atoms with Gasteiger partial charge in [0.25, 0.3) is 0 Å². The lowest BCUT2D eigenvalue weighted by Gasteiger charge is -2.39. The quantitative estimate of drug-likeness (QED) is 0.620. The van der Waals surface area contributed by atoms with Gasteiger partial charge >= 0.3 is 0 Å². The van der Waals surface area contributed by atoms with Crippen molar-refractivity contribution in [3.63, 3.8) is 0 Å². The minimum atomic E-state index is -3.59. The van der Waals surface area contributed by atoms with E-state index in [1.54, 1.807) is 24.3 Å². The average molecular weight is 507 g/mol. The fraction of sp³-hybridized carbons (Fsp3) is 0.520. The van der Waals surface area contributed by atoms with Crippen molar-refractivity contribution in [1.29, 1.82) is 0 Å². The first-order chi connectivity index (χ1) is 16.3. The number of fused-ring (bicyclic) bond motifs is 1. The average Bonchev–Trinajstić information content (AvgIpc) is 3.48. The van der Waals surface area contributed by atoms with E-state index < -0.39 is 16.1 Å². The van der Waals surface area contributed by atoms with Gasteiger partial charge in [0.2, 0.25) is 10.0 Å². The monoisotopic (exact) mass is 506 g/mol. The highest BCUT2D eigenvalue weighted by atomic mass is 35.5. The summed E-state index contributed by atoms with van der Waals surface area (Å²) in [5.74, 6) is 1.22. The lowest BCUT2D eigenvalue weighted by molar-refractivity contribution is -0.00214. The van der Waals surface area contributed by atoms with E-state index in [4.69, 9.17) is 21.1 Å². The molecule has 0 bridgehead atoms. The summed E-state index contributed by atoms with van der Waals surface area (Å²) >= 11 is 6.13. The zero-order valence-electron chi connectivity index (χ0n) is 19.2. The summed E-state index contributed by atoms with van der Waals surface area (Å²) in [6.45, 7) is 3.22. The number of piperidine rings is 1. The fourth-order valence-corrected chi connectivity index (χ4v) is 7.05. The van der Waals surface area contributed by atoms with E-state index in [1.807, 2.05) is 18.2 Å². The summed E-state index contributed by atoms with van der Waals surface area (Å²) in [4.78, 5) is 2.38. The Morgan fingerprint density at radius 2 is 1.82 bits per heavy atom. The molecule has 3 aliphatic heterocycles. The Balaban J connectivity index is 1.14. The van der Waals surface area contributed by atoms with Gasteiger partial charge in [-0.3, -0.25) is 0 Å². The molecule has 184 valence electrons. The molecule has 0 aromatic heterocycles. The van der Waals surface area contributed by atoms with Gasteiger partial charge in [0.15, 0.2) is 0 Å². The number of hydrogen-bond acceptors (Lipinski definition) is 6. The summed E-state index contributed by atoms with van der Waals surface area (Å²) in [6.07, 6.45) is 3.65. The highest BCUT2D eigenvalue weighted by Gasteiger charge is 2.42. The van der Waals surface area contributed by atoms with Gasteiger partial charge in [0, 0.05) is 57.0 Å². The molecule has 0 unspecified atom stereocenters. The highest BCUT2D eigenvalue weighted by molar-refractivity contribution is 7.89. The Morgan fingerprint density at radius 3 is 2.59 bits per heavy atom. The summed E-state index contributed by atoms with van der Waals surface area (Å²) in [6, 6.07) is 12.5. The van der Waals surface area contributed by atoms with Crippen LogP contribution in [0.4, 0.5) is 0 Å². The number of hydrogen-bond donors (Lipinski definition) is 1. The molecule has 0 aliphatic carbocycles. The number of β-amino-alcohol motifs (C(OH)–C–C–N with tert-alkyl or cyclic N) is 1. The Morgan fingerprint density at radius 1 is 1.09 bits per heavy atom. The van der Waals surface area contributed by atoms with E-state index in [9.17, 15) is 13.5 Å². The standard InChI is InChI=1S/C25H31ClN2O5S/c26-20-7-8-22-19(15-20)16-25(33-22)9-13-27(14-10-25)17-21(29)18-32-23-5-1-2-6-24(23)34(30,31)28-11-3-4-12-28/h1-2,5-8,15,21,29H,3-4,9-14,16-18H2/t21-/m0/s1. The van der Waals surface area contributed by atoms with Crippen molar-refractivity contribution >= 4 is 21.6 Å². The van der Waals surface area contributed by atoms with E-state index >= 15 is 0 Å². The number of halogens is 1. The molecular weight excluding hydrogens is 476 g/mol. The van der Waals surface area contributed by atoms with Crippen LogP contribution in [0.5, 0.6) is 11.5 Å². The predicted molar refractivity (Wildman–Crippen MR) is 130 cm³/mol. The van der Waals surface area contributed by atoms with Crippen molar-refractivity contribution < 1.29 is 23.0 Å². The van der Waals surface area contributed by atoms with Crippen molar-refractivity contribution in [3.8, 4) is 11.5 Å². The molecule has 1 N–H and O–H groups in total. The maximum Gasteiger partial charge on any atom is 0.246 e. The molecule has 1 atom stereocenters. The van der Waals surface area contributed by atoms with Gasteiger partial charge in [-0.1, -0.05) is 23.7 Å². The van der Waals surface area contributed by atoms with Crippen molar-refractivity contribution in [3.05, 3.63) is 53.1 Å². The molecule has 2 aromatic rings. The number of ether oxygens (including phenoxy) is 2. The zero-order chi connectivity index (χ0) is 23.8. The first-order valence-electron chi connectivity index (χ1n) is 11.9. The zero-order valence-corrected chi connectivity index (χ0v) is 20.7. The van der Waals surface area contributed by atoms with Crippen LogP contribution in [0.1, 0.15) is 31.2 Å². The molecule has 0 amide bonds. The topological polar surface area (TPSA) is 79.3 Å². The normalized spacial score (nSPS) is 21.4. The molecule has 3 aliphatic rings. The number of likely N-dealkylation sites (tertiary alicyclic amines) is 1. The molecule has 3 heterocycles. The Labute approximate surface area is 206 Å². The van der Waals surface area contributed by atoms with Crippen molar-refractivity contribution in [2.45, 2.75) is 48.7 Å². The van der Waals surface area contributed by atoms with E-state index in [-0.39, 0.29) is 17.1 Å². The Hall–Kier alpha value is -1.84. The van der Waals surface area contributed by atoms with Crippen LogP contribution in [0.15, 0.2) is 47.4 Å². The second kappa shape index (κ2) is 9.66. The number of aliphatic hydroxyl groups excluding tert-OH is 1. The van der Waals surface area contributed by atoms with E-state index in [1.165, 1.54) is 4.31 Å². The second-order valence-electron chi connectivity index (χ2n) is 9.54. The largest absolute Gasteiger partial charge is 0.489 e. The lowest BCUT2D eigenvalue weighted by atomic mass is 9.87. The molecule has 7 nitrogen and oxygen atoms in total. The number of rotatable bonds is 7. The SMILES string of the molecule is O=S(=O)(c1ccccc1OC[C@@H](O)CN1CCC2(CC1)Cc1cc(Cl)ccc1O2)N1CCCC1. The van der Waals surface area contributed by atoms with Crippen LogP contribution in [0.25, 0.3) is 0 Å². The van der Waals surface area contributed by atoms with E-state index in [0.29, 0.717) is 25.4 Å². The Kier molecular flexibility index (Phi) is 6.79. The number of nitrogens with zero attached hydrogens (tertiary/aromatic N) is 2. The smallest absolute Gasteiger partial charge is 0.246 e. The number of para-hydroxylation sites is 1.